The number of amides is 4. The number of alkyl halides is 12. The molecule has 0 saturated heterocycles. The molecule has 0 spiro atoms. The van der Waals surface area contributed by atoms with Gasteiger partial charge < -0.3 is 21.3 Å². The van der Waals surface area contributed by atoms with Crippen molar-refractivity contribution in [2.75, 3.05) is 26.2 Å². The number of hydrogen-bond acceptors (Lipinski definition) is 20. The van der Waals surface area contributed by atoms with Crippen LogP contribution in [0.15, 0.2) is 238 Å². The highest BCUT2D eigenvalue weighted by Gasteiger charge is 2.43. The number of rotatable bonds is 36. The number of benzene rings is 8. The van der Waals surface area contributed by atoms with Crippen LogP contribution in [0.3, 0.4) is 0 Å². The number of halogens is 12. The number of nitrogens with two attached hydrogens (primary N) is 4. The monoisotopic (exact) mass is 2030 g/mol. The minimum atomic E-state index is -4.97. The summed E-state index contributed by atoms with van der Waals surface area (Å²) < 4.78 is 259. The quantitative estimate of drug-likeness (QED) is 0.0134. The topological polar surface area (TPSA) is 497 Å². The molecule has 8 aromatic carbocycles. The van der Waals surface area contributed by atoms with Crippen LogP contribution in [0.4, 0.5) is 52.7 Å². The van der Waals surface area contributed by atoms with Crippen molar-refractivity contribution in [1.29, 1.82) is 0 Å². The van der Waals surface area contributed by atoms with Gasteiger partial charge in [0.1, 0.15) is 0 Å². The van der Waals surface area contributed by atoms with Crippen LogP contribution in [-0.2, 0) is 84.0 Å². The second kappa shape index (κ2) is 47.1. The molecule has 0 aliphatic heterocycles. The molecule has 0 atom stereocenters. The number of sulfonamides is 4. The average molecular weight is 2030 g/mol. The van der Waals surface area contributed by atoms with Gasteiger partial charge in [-0.05, 0) is 147 Å². The minimum Gasteiger partial charge on any atom is -0.356 e. The SMILES string of the molecule is CCCNC(=O)CCC(=O)c1c(C(F)(F)F)nn(-c2ccc(S(N)(=O)=O)cc2)c1-c1ccccc1.CCCNC(=O)CCC(=O)c1ccc(-c2cc(C(F)(F)F)nn2-c2ccc(S(N)(=O)=O)cc2)cc1.CCCNC(=O)CCC(=O)c1cccc(-c2cc(C(F)(F)F)nn2-c2ccc(S(N)(=O)=O)cc2)c1.CCCNC(=O)CCC(=O)c1ccccc1-c1cc(C(F)(F)F)nn1-c1ccc(S(N)(=O)=O)cc1. The molecular weight excluding hydrogens is 1940 g/mol. The van der Waals surface area contributed by atoms with Crippen LogP contribution in [0, 0.1) is 0 Å². The third kappa shape index (κ3) is 30.2. The van der Waals surface area contributed by atoms with Crippen molar-refractivity contribution in [3.05, 3.63) is 263 Å². The Hall–Kier alpha value is -14.0. The van der Waals surface area contributed by atoms with Crippen LogP contribution in [0.1, 0.15) is 169 Å². The van der Waals surface area contributed by atoms with Crippen LogP contribution in [-0.4, -0.2) is 146 Å². The van der Waals surface area contributed by atoms with E-state index in [1.165, 1.54) is 133 Å². The Morgan fingerprint density at radius 2 is 0.614 bits per heavy atom. The van der Waals surface area contributed by atoms with Crippen LogP contribution >= 0.6 is 0 Å². The Kier molecular flexibility index (Phi) is 36.9. The summed E-state index contributed by atoms with van der Waals surface area (Å²) in [6, 6.07) is 47.8. The number of carbonyl (C=O) groups is 8. The zero-order chi connectivity index (χ0) is 103. The summed E-state index contributed by atoms with van der Waals surface area (Å²) in [5.74, 6) is -3.14. The Morgan fingerprint density at radius 1 is 0.300 bits per heavy atom. The Bertz CT molecular complexity index is 6960. The van der Waals surface area contributed by atoms with Crippen LogP contribution in [0.5, 0.6) is 0 Å². The van der Waals surface area contributed by atoms with E-state index in [2.05, 4.69) is 41.7 Å². The summed E-state index contributed by atoms with van der Waals surface area (Å²) >= 11 is 0. The molecule has 0 aliphatic carbocycles. The second-order valence-corrected chi connectivity index (χ2v) is 37.0. The lowest BCUT2D eigenvalue weighted by atomic mass is 9.98. The van der Waals surface area contributed by atoms with Crippen molar-refractivity contribution >= 4 is 86.9 Å². The van der Waals surface area contributed by atoms with E-state index in [4.69, 9.17) is 20.6 Å². The fourth-order valence-corrected chi connectivity index (χ4v) is 15.3. The van der Waals surface area contributed by atoms with Gasteiger partial charge in [-0.1, -0.05) is 125 Å². The van der Waals surface area contributed by atoms with Gasteiger partial charge in [0.05, 0.1) is 70.7 Å². The first-order valence-electron chi connectivity index (χ1n) is 42.4. The lowest BCUT2D eigenvalue weighted by Crippen LogP contribution is -2.24. The number of primary sulfonamides is 4. The number of carbonyl (C=O) groups excluding carboxylic acids is 8. The van der Waals surface area contributed by atoms with Gasteiger partial charge in [0.25, 0.3) is 0 Å². The van der Waals surface area contributed by atoms with E-state index in [-0.39, 0.29) is 167 Å². The van der Waals surface area contributed by atoms with E-state index in [9.17, 15) is 125 Å². The molecule has 0 radical (unpaired) electrons. The van der Waals surface area contributed by atoms with Crippen molar-refractivity contribution < 1.29 is 125 Å². The van der Waals surface area contributed by atoms with E-state index in [1.54, 1.807) is 30.3 Å². The molecule has 0 aliphatic rings. The smallest absolute Gasteiger partial charge is 0.356 e. The van der Waals surface area contributed by atoms with Crippen molar-refractivity contribution in [2.24, 2.45) is 20.6 Å². The molecule has 0 unspecified atom stereocenters. The zero-order valence-corrected chi connectivity index (χ0v) is 78.0. The molecule has 4 amide bonds. The van der Waals surface area contributed by atoms with Crippen molar-refractivity contribution in [1.82, 2.24) is 60.4 Å². The first-order valence-corrected chi connectivity index (χ1v) is 48.6. The largest absolute Gasteiger partial charge is 0.435 e. The average Bonchev–Trinajstić information content (AvgIpc) is 1.60. The van der Waals surface area contributed by atoms with Gasteiger partial charge in [0.15, 0.2) is 45.9 Å². The molecule has 0 saturated carbocycles. The fourth-order valence-electron chi connectivity index (χ4n) is 13.3. The molecule has 12 N–H and O–H groups in total. The normalized spacial score (nSPS) is 11.9. The molecule has 0 fully saturated rings. The summed E-state index contributed by atoms with van der Waals surface area (Å²) in [6.45, 7) is 9.46. The van der Waals surface area contributed by atoms with Gasteiger partial charge in [-0.15, -0.1) is 0 Å². The van der Waals surface area contributed by atoms with E-state index in [1.807, 2.05) is 27.7 Å². The molecule has 12 rings (SSSR count). The van der Waals surface area contributed by atoms with Gasteiger partial charge in [0, 0.05) is 116 Å². The first kappa shape index (κ1) is 110. The number of hydrogen-bond donors (Lipinski definition) is 8. The van der Waals surface area contributed by atoms with Crippen molar-refractivity contribution in [3.8, 4) is 67.8 Å². The molecule has 0 bridgehead atoms. The predicted molar refractivity (Wildman–Crippen MR) is 489 cm³/mol. The van der Waals surface area contributed by atoms with Gasteiger partial charge in [0.2, 0.25) is 63.7 Å². The standard InChI is InChI=1S/4C23H23F3N4O4S/c1-2-13-28-22(32)12-11-20(31)16-5-3-15(4-6-16)19-14-21(23(24,25)26)29-30(19)17-7-9-18(10-8-17)35(27,33)34;1-2-12-28-22(32)11-10-20(31)16-5-3-4-15(13-16)19-14-21(23(24,25)26)29-30(19)17-6-8-18(9-7-17)35(27,33)34;1-2-13-28-22(32)12-11-20(31)18-6-4-3-5-17(18)19-14-21(23(24,25)26)29-30(19)15-7-9-16(10-8-15)35(27,33)34;1-2-14-28-19(32)13-12-18(31)20-21(15-6-4-3-5-7-15)30(29-22(20)23(24,25)26)16-8-10-17(11-9-16)35(27,33)34/h3-10,14H,2,11-13H2,1H3,(H,28,32)(H2,27,33,34);3-9,13-14H,2,10-12H2,1H3,(H,28,32)(H2,27,33,34);3-10,14H,2,11-13H2,1H3,(H,28,32)(H2,27,33,34);3-11H,2,12-14H2,1H3,(H,28,32)(H2,27,33,34). The highest BCUT2D eigenvalue weighted by Crippen LogP contribution is 2.42. The number of aromatic nitrogens is 8. The first-order chi connectivity index (χ1) is 65.6. The van der Waals surface area contributed by atoms with Gasteiger partial charge in [-0.3, -0.25) is 38.4 Å². The molecule has 4 aromatic heterocycles. The maximum atomic E-state index is 14.0. The molecular formula is C92H92F12N16O16S4. The molecule has 4 heterocycles. The van der Waals surface area contributed by atoms with Crippen molar-refractivity contribution in [2.45, 2.75) is 149 Å². The van der Waals surface area contributed by atoms with E-state index in [0.717, 1.165) is 92.6 Å². The number of nitrogens with zero attached hydrogens (tertiary/aromatic N) is 8. The summed E-state index contributed by atoms with van der Waals surface area (Å²) in [5, 5.41) is 45.7. The highest BCUT2D eigenvalue weighted by atomic mass is 32.2. The molecule has 12 aromatic rings. The van der Waals surface area contributed by atoms with Crippen LogP contribution < -0.4 is 41.8 Å². The summed E-state index contributed by atoms with van der Waals surface area (Å²) in [7, 11) is -16.0. The Morgan fingerprint density at radius 3 is 0.971 bits per heavy atom. The molecule has 32 nitrogen and oxygen atoms in total. The molecule has 744 valence electrons. The maximum Gasteiger partial charge on any atom is 0.435 e. The van der Waals surface area contributed by atoms with Crippen molar-refractivity contribution in [3.63, 3.8) is 0 Å². The highest BCUT2D eigenvalue weighted by molar-refractivity contribution is 7.90. The summed E-state index contributed by atoms with van der Waals surface area (Å²) in [6.07, 6.45) is -17.2. The van der Waals surface area contributed by atoms with Gasteiger partial charge in [-0.2, -0.15) is 73.1 Å². The number of nitrogens with one attached hydrogen (secondary N) is 4. The van der Waals surface area contributed by atoms with E-state index >= 15 is 0 Å². The minimum absolute atomic E-state index is 0.00144. The maximum absolute atomic E-state index is 14.0. The predicted octanol–water partition coefficient (Wildman–Crippen LogP) is 14.8. The van der Waals surface area contributed by atoms with Crippen LogP contribution in [0.2, 0.25) is 0 Å². The molecule has 48 heteroatoms. The van der Waals surface area contributed by atoms with E-state index < -0.39 is 117 Å². The fraction of sp³-hybridized carbons (Fsp3) is 0.261. The zero-order valence-electron chi connectivity index (χ0n) is 74.7. The Balaban J connectivity index is 0.000000209. The second-order valence-electron chi connectivity index (χ2n) is 30.8. The number of ketones is 4. The van der Waals surface area contributed by atoms with Gasteiger partial charge in [-0.25, -0.2) is 73.0 Å². The third-order valence-electron chi connectivity index (χ3n) is 20.2. The summed E-state index contributed by atoms with van der Waals surface area (Å²) in [4.78, 5) is 97.5. The van der Waals surface area contributed by atoms with Crippen LogP contribution in [0.25, 0.3) is 67.8 Å². The van der Waals surface area contributed by atoms with E-state index in [0.29, 0.717) is 43.7 Å². The third-order valence-corrected chi connectivity index (χ3v) is 23.9. The number of Topliss-reactive ketones (excluding diaryl/α,β-unsaturated/α-hetero) is 4. The molecule has 140 heavy (non-hydrogen) atoms. The Labute approximate surface area is 794 Å². The lowest BCUT2D eigenvalue weighted by molar-refractivity contribution is -0.142. The van der Waals surface area contributed by atoms with Gasteiger partial charge >= 0.3 is 24.7 Å². The summed E-state index contributed by atoms with van der Waals surface area (Å²) in [5.41, 5.74) is -3.25. The lowest BCUT2D eigenvalue weighted by Gasteiger charge is -2.12.